The molecule has 0 radical (unpaired) electrons. The second kappa shape index (κ2) is 5.40. The van der Waals surface area contributed by atoms with Crippen molar-refractivity contribution in [2.75, 3.05) is 18.0 Å². The Hall–Kier alpha value is -1.23. The van der Waals surface area contributed by atoms with Gasteiger partial charge in [0.15, 0.2) is 0 Å². The molecule has 2 nitrogen and oxygen atoms in total. The fraction of sp³-hybridized carbons (Fsp3) is 0.500. The molecule has 17 heavy (non-hydrogen) atoms. The van der Waals surface area contributed by atoms with Gasteiger partial charge in [-0.15, -0.1) is 0 Å². The number of anilines is 1. The minimum atomic E-state index is -4.35. The number of nitrogens with two attached hydrogens (primary N) is 1. The van der Waals surface area contributed by atoms with E-state index in [1.54, 1.807) is 6.07 Å². The van der Waals surface area contributed by atoms with Crippen LogP contribution in [0.5, 0.6) is 0 Å². The maximum atomic E-state index is 12.8. The van der Waals surface area contributed by atoms with Crippen LogP contribution in [0.3, 0.4) is 0 Å². The van der Waals surface area contributed by atoms with Crippen molar-refractivity contribution < 1.29 is 13.2 Å². The lowest BCUT2D eigenvalue weighted by Gasteiger charge is -2.23. The van der Waals surface area contributed by atoms with Crippen LogP contribution >= 0.6 is 0 Å². The summed E-state index contributed by atoms with van der Waals surface area (Å²) in [6.07, 6.45) is -4.35. The summed E-state index contributed by atoms with van der Waals surface area (Å²) in [5.41, 5.74) is 5.41. The first kappa shape index (κ1) is 13.8. The van der Waals surface area contributed by atoms with Crippen LogP contribution in [0.1, 0.15) is 25.0 Å². The second-order valence-electron chi connectivity index (χ2n) is 3.72. The van der Waals surface area contributed by atoms with Crippen molar-refractivity contribution in [3.63, 3.8) is 0 Å². The quantitative estimate of drug-likeness (QED) is 0.884. The van der Waals surface area contributed by atoms with Gasteiger partial charge >= 0.3 is 6.18 Å². The van der Waals surface area contributed by atoms with E-state index in [1.165, 1.54) is 12.1 Å². The molecule has 1 aromatic carbocycles. The van der Waals surface area contributed by atoms with Crippen LogP contribution in [0.15, 0.2) is 18.2 Å². The zero-order valence-electron chi connectivity index (χ0n) is 10.0. The van der Waals surface area contributed by atoms with Crippen LogP contribution < -0.4 is 10.6 Å². The Morgan fingerprint density at radius 3 is 2.18 bits per heavy atom. The molecule has 0 bridgehead atoms. The minimum absolute atomic E-state index is 0.104. The van der Waals surface area contributed by atoms with Gasteiger partial charge in [0.1, 0.15) is 0 Å². The molecule has 1 aromatic rings. The molecule has 0 aliphatic rings. The Bertz CT molecular complexity index is 371. The van der Waals surface area contributed by atoms with E-state index in [4.69, 9.17) is 5.73 Å². The number of benzene rings is 1. The van der Waals surface area contributed by atoms with E-state index in [-0.39, 0.29) is 12.1 Å². The monoisotopic (exact) mass is 246 g/mol. The van der Waals surface area contributed by atoms with Crippen LogP contribution in [-0.4, -0.2) is 13.1 Å². The maximum Gasteiger partial charge on any atom is 0.416 e. The largest absolute Gasteiger partial charge is 0.416 e. The Kier molecular flexibility index (Phi) is 4.40. The first-order valence-corrected chi connectivity index (χ1v) is 5.59. The summed E-state index contributed by atoms with van der Waals surface area (Å²) in [5, 5.41) is 0. The molecule has 0 fully saturated rings. The lowest BCUT2D eigenvalue weighted by Crippen LogP contribution is -2.23. The fourth-order valence-corrected chi connectivity index (χ4v) is 1.79. The van der Waals surface area contributed by atoms with Gasteiger partial charge in [0.25, 0.3) is 0 Å². The molecule has 0 heterocycles. The normalized spacial score (nSPS) is 11.6. The van der Waals surface area contributed by atoms with Gasteiger partial charge in [-0.05, 0) is 31.5 Å². The molecule has 2 N–H and O–H groups in total. The highest BCUT2D eigenvalue weighted by Crippen LogP contribution is 2.34. The lowest BCUT2D eigenvalue weighted by molar-refractivity contribution is -0.138. The third-order valence-electron chi connectivity index (χ3n) is 2.75. The number of nitrogens with zero attached hydrogens (tertiary/aromatic N) is 1. The zero-order chi connectivity index (χ0) is 13.1. The molecule has 0 aromatic heterocycles. The fourth-order valence-electron chi connectivity index (χ4n) is 1.79. The van der Waals surface area contributed by atoms with Crippen LogP contribution in [0.4, 0.5) is 18.9 Å². The third-order valence-corrected chi connectivity index (χ3v) is 2.75. The smallest absolute Gasteiger partial charge is 0.372 e. The van der Waals surface area contributed by atoms with Gasteiger partial charge in [0, 0.05) is 25.3 Å². The number of alkyl halides is 3. The molecule has 0 saturated carbocycles. The van der Waals surface area contributed by atoms with Crippen molar-refractivity contribution in [2.45, 2.75) is 26.6 Å². The summed E-state index contributed by atoms with van der Waals surface area (Å²) in [6, 6.07) is 4.32. The molecule has 5 heteroatoms. The molecule has 0 saturated heterocycles. The minimum Gasteiger partial charge on any atom is -0.372 e. The van der Waals surface area contributed by atoms with E-state index >= 15 is 0 Å². The van der Waals surface area contributed by atoms with E-state index in [0.717, 1.165) is 0 Å². The first-order chi connectivity index (χ1) is 7.93. The Labute approximate surface area is 99.2 Å². The number of hydrogen-bond donors (Lipinski definition) is 1. The summed E-state index contributed by atoms with van der Waals surface area (Å²) in [4.78, 5) is 1.87. The SMILES string of the molecule is CCN(CC)c1ccc(CN)c(C(F)(F)F)c1. The average Bonchev–Trinajstić information content (AvgIpc) is 2.29. The van der Waals surface area contributed by atoms with Crippen LogP contribution in [0, 0.1) is 0 Å². The van der Waals surface area contributed by atoms with Gasteiger partial charge < -0.3 is 10.6 Å². The second-order valence-corrected chi connectivity index (χ2v) is 3.72. The van der Waals surface area contributed by atoms with Gasteiger partial charge in [-0.25, -0.2) is 0 Å². The summed E-state index contributed by atoms with van der Waals surface area (Å²) >= 11 is 0. The Morgan fingerprint density at radius 1 is 1.18 bits per heavy atom. The molecule has 96 valence electrons. The molecule has 0 aliphatic carbocycles. The standard InChI is InChI=1S/C12H17F3N2/c1-3-17(4-2)10-6-5-9(8-16)11(7-10)12(13,14)15/h5-7H,3-4,8,16H2,1-2H3. The van der Waals surface area contributed by atoms with Crippen LogP contribution in [-0.2, 0) is 12.7 Å². The van der Waals surface area contributed by atoms with Gasteiger partial charge in [0.2, 0.25) is 0 Å². The highest BCUT2D eigenvalue weighted by Gasteiger charge is 2.33. The Morgan fingerprint density at radius 2 is 1.76 bits per heavy atom. The Balaban J connectivity index is 3.22. The van der Waals surface area contributed by atoms with E-state index < -0.39 is 11.7 Å². The molecule has 1 rings (SSSR count). The molecule has 0 unspecified atom stereocenters. The lowest BCUT2D eigenvalue weighted by atomic mass is 10.1. The predicted octanol–water partition coefficient (Wildman–Crippen LogP) is 3.01. The highest BCUT2D eigenvalue weighted by molar-refractivity contribution is 5.51. The molecule has 0 spiro atoms. The number of hydrogen-bond acceptors (Lipinski definition) is 2. The van der Waals surface area contributed by atoms with Crippen molar-refractivity contribution in [3.8, 4) is 0 Å². The molecule has 0 atom stereocenters. The van der Waals surface area contributed by atoms with E-state index in [2.05, 4.69) is 0 Å². The summed E-state index contributed by atoms with van der Waals surface area (Å²) < 4.78 is 38.4. The van der Waals surface area contributed by atoms with E-state index in [0.29, 0.717) is 18.8 Å². The van der Waals surface area contributed by atoms with Gasteiger partial charge in [-0.1, -0.05) is 6.07 Å². The van der Waals surface area contributed by atoms with Crippen LogP contribution in [0.2, 0.25) is 0 Å². The van der Waals surface area contributed by atoms with Gasteiger partial charge in [-0.2, -0.15) is 13.2 Å². The number of rotatable bonds is 4. The van der Waals surface area contributed by atoms with Crippen molar-refractivity contribution in [3.05, 3.63) is 29.3 Å². The highest BCUT2D eigenvalue weighted by atomic mass is 19.4. The average molecular weight is 246 g/mol. The molecule has 0 amide bonds. The van der Waals surface area contributed by atoms with Crippen molar-refractivity contribution in [2.24, 2.45) is 5.73 Å². The third kappa shape index (κ3) is 3.12. The van der Waals surface area contributed by atoms with Gasteiger partial charge in [0.05, 0.1) is 5.56 Å². The maximum absolute atomic E-state index is 12.8. The molecule has 0 aliphatic heterocycles. The first-order valence-electron chi connectivity index (χ1n) is 5.59. The van der Waals surface area contributed by atoms with Crippen LogP contribution in [0.25, 0.3) is 0 Å². The zero-order valence-corrected chi connectivity index (χ0v) is 10.0. The van der Waals surface area contributed by atoms with Crippen molar-refractivity contribution >= 4 is 5.69 Å². The number of halogens is 3. The molecular weight excluding hydrogens is 229 g/mol. The summed E-state index contributed by atoms with van der Waals surface area (Å²) in [7, 11) is 0. The predicted molar refractivity (Wildman–Crippen MR) is 62.9 cm³/mol. The van der Waals surface area contributed by atoms with Gasteiger partial charge in [-0.3, -0.25) is 0 Å². The van der Waals surface area contributed by atoms with Crippen molar-refractivity contribution in [1.82, 2.24) is 0 Å². The molecular formula is C12H17F3N2. The van der Waals surface area contributed by atoms with Crippen molar-refractivity contribution in [1.29, 1.82) is 0 Å². The van der Waals surface area contributed by atoms with E-state index in [1.807, 2.05) is 18.7 Å². The summed E-state index contributed by atoms with van der Waals surface area (Å²) in [5.74, 6) is 0. The topological polar surface area (TPSA) is 29.3 Å². The van der Waals surface area contributed by atoms with E-state index in [9.17, 15) is 13.2 Å². The summed E-state index contributed by atoms with van der Waals surface area (Å²) in [6.45, 7) is 5.07.